The predicted octanol–water partition coefficient (Wildman–Crippen LogP) is 4.94. The van der Waals surface area contributed by atoms with Gasteiger partial charge in [-0.3, -0.25) is 4.79 Å². The Labute approximate surface area is 124 Å². The molecule has 0 aliphatic heterocycles. The van der Waals surface area contributed by atoms with Crippen molar-refractivity contribution in [1.29, 1.82) is 0 Å². The summed E-state index contributed by atoms with van der Waals surface area (Å²) in [4.78, 5) is 12.0. The number of hydrogen-bond acceptors (Lipinski definition) is 2. The second kappa shape index (κ2) is 5.57. The fourth-order valence-corrected chi connectivity index (χ4v) is 2.40. The van der Waals surface area contributed by atoms with Gasteiger partial charge in [-0.15, -0.1) is 0 Å². The zero-order valence-corrected chi connectivity index (χ0v) is 12.3. The van der Waals surface area contributed by atoms with E-state index >= 15 is 0 Å². The third kappa shape index (κ3) is 2.62. The first-order chi connectivity index (χ1) is 10.2. The minimum Gasteiger partial charge on any atom is -0.426 e. The van der Waals surface area contributed by atoms with E-state index in [2.05, 4.69) is 24.3 Å². The van der Waals surface area contributed by atoms with Gasteiger partial charge in [0, 0.05) is 5.39 Å². The summed E-state index contributed by atoms with van der Waals surface area (Å²) in [5.41, 5.74) is 0. The number of ether oxygens (including phenoxy) is 1. The normalized spacial score (nSPS) is 12.5. The lowest BCUT2D eigenvalue weighted by molar-refractivity contribution is -0.138. The Hall–Kier alpha value is -2.35. The molecule has 1 unspecified atom stereocenters. The molecule has 1 atom stereocenters. The monoisotopic (exact) mass is 278 g/mol. The number of esters is 1. The lowest BCUT2D eigenvalue weighted by Crippen LogP contribution is -2.17. The van der Waals surface area contributed by atoms with Crippen LogP contribution in [0.5, 0.6) is 5.75 Å². The van der Waals surface area contributed by atoms with Gasteiger partial charge < -0.3 is 4.74 Å². The number of carbonyl (C=O) groups excluding carboxylic acids is 1. The molecule has 0 heterocycles. The quantitative estimate of drug-likeness (QED) is 0.385. The van der Waals surface area contributed by atoms with E-state index in [4.69, 9.17) is 4.74 Å². The lowest BCUT2D eigenvalue weighted by Gasteiger charge is -2.11. The van der Waals surface area contributed by atoms with E-state index in [9.17, 15) is 4.79 Å². The van der Waals surface area contributed by atoms with Gasteiger partial charge in [-0.1, -0.05) is 50.2 Å². The minimum absolute atomic E-state index is 0.0827. The Morgan fingerprint density at radius 1 is 1.00 bits per heavy atom. The van der Waals surface area contributed by atoms with Crippen molar-refractivity contribution < 1.29 is 9.53 Å². The second-order valence-corrected chi connectivity index (χ2v) is 5.41. The molecule has 2 heteroatoms. The Kier molecular flexibility index (Phi) is 3.61. The fourth-order valence-electron chi connectivity index (χ4n) is 2.40. The standard InChI is InChI=1S/C19H18O2/c1-3-13(2)19(20)21-18-10-6-9-16-11-14-7-4-5-8-15(14)12-17(16)18/h4-13H,3H2,1-2H3. The summed E-state index contributed by atoms with van der Waals surface area (Å²) in [6.07, 6.45) is 0.784. The van der Waals surface area contributed by atoms with Crippen molar-refractivity contribution in [1.82, 2.24) is 0 Å². The molecule has 2 nitrogen and oxygen atoms in total. The molecule has 0 N–H and O–H groups in total. The largest absolute Gasteiger partial charge is 0.426 e. The van der Waals surface area contributed by atoms with Crippen LogP contribution in [-0.2, 0) is 4.79 Å². The number of rotatable bonds is 3. The summed E-state index contributed by atoms with van der Waals surface area (Å²) in [5.74, 6) is 0.391. The maximum Gasteiger partial charge on any atom is 0.314 e. The third-order valence-corrected chi connectivity index (χ3v) is 3.93. The average Bonchev–Trinajstić information content (AvgIpc) is 2.52. The highest BCUT2D eigenvalue weighted by Gasteiger charge is 2.14. The van der Waals surface area contributed by atoms with Crippen molar-refractivity contribution in [3.8, 4) is 5.75 Å². The molecule has 0 bridgehead atoms. The van der Waals surface area contributed by atoms with Gasteiger partial charge in [0.15, 0.2) is 0 Å². The lowest BCUT2D eigenvalue weighted by atomic mass is 10.0. The topological polar surface area (TPSA) is 26.3 Å². The highest BCUT2D eigenvalue weighted by molar-refractivity contribution is 6.01. The summed E-state index contributed by atoms with van der Waals surface area (Å²) in [5, 5.41) is 4.41. The first-order valence-electron chi connectivity index (χ1n) is 7.32. The van der Waals surface area contributed by atoms with Gasteiger partial charge in [0.05, 0.1) is 5.92 Å². The molecule has 0 fully saturated rings. The fraction of sp³-hybridized carbons (Fsp3) is 0.211. The summed E-state index contributed by atoms with van der Waals surface area (Å²) in [6, 6.07) is 18.3. The molecule has 21 heavy (non-hydrogen) atoms. The van der Waals surface area contributed by atoms with E-state index < -0.39 is 0 Å². The van der Waals surface area contributed by atoms with Crippen LogP contribution in [-0.4, -0.2) is 5.97 Å². The highest BCUT2D eigenvalue weighted by atomic mass is 16.5. The third-order valence-electron chi connectivity index (χ3n) is 3.93. The Balaban J connectivity index is 2.10. The summed E-state index contributed by atoms with van der Waals surface area (Å²) >= 11 is 0. The summed E-state index contributed by atoms with van der Waals surface area (Å²) in [7, 11) is 0. The van der Waals surface area contributed by atoms with Crippen molar-refractivity contribution in [2.45, 2.75) is 20.3 Å². The van der Waals surface area contributed by atoms with Crippen molar-refractivity contribution in [2.75, 3.05) is 0 Å². The number of fused-ring (bicyclic) bond motifs is 2. The van der Waals surface area contributed by atoms with Crippen LogP contribution < -0.4 is 4.74 Å². The van der Waals surface area contributed by atoms with Crippen LogP contribution in [0.15, 0.2) is 54.6 Å². The van der Waals surface area contributed by atoms with Gasteiger partial charge in [0.25, 0.3) is 0 Å². The number of benzene rings is 3. The molecule has 0 aliphatic rings. The van der Waals surface area contributed by atoms with Crippen molar-refractivity contribution in [3.63, 3.8) is 0 Å². The van der Waals surface area contributed by atoms with E-state index in [1.807, 2.05) is 44.2 Å². The summed E-state index contributed by atoms with van der Waals surface area (Å²) in [6.45, 7) is 3.88. The van der Waals surface area contributed by atoms with Gasteiger partial charge in [-0.05, 0) is 40.8 Å². The van der Waals surface area contributed by atoms with Crippen molar-refractivity contribution in [2.24, 2.45) is 5.92 Å². The van der Waals surface area contributed by atoms with Crippen LogP contribution in [0.3, 0.4) is 0 Å². The zero-order valence-electron chi connectivity index (χ0n) is 12.3. The number of hydrogen-bond donors (Lipinski definition) is 0. The maximum atomic E-state index is 12.0. The smallest absolute Gasteiger partial charge is 0.314 e. The van der Waals surface area contributed by atoms with Crippen molar-refractivity contribution in [3.05, 3.63) is 54.6 Å². The van der Waals surface area contributed by atoms with Gasteiger partial charge >= 0.3 is 5.97 Å². The molecule has 3 aromatic carbocycles. The molecule has 106 valence electrons. The van der Waals surface area contributed by atoms with E-state index in [0.29, 0.717) is 5.75 Å². The molecule has 0 spiro atoms. The first kappa shape index (κ1) is 13.6. The Bertz CT molecular complexity index is 805. The molecule has 0 amide bonds. The minimum atomic E-state index is -0.168. The molecule has 0 aromatic heterocycles. The second-order valence-electron chi connectivity index (χ2n) is 5.41. The van der Waals surface area contributed by atoms with Crippen LogP contribution in [0.2, 0.25) is 0 Å². The average molecular weight is 278 g/mol. The van der Waals surface area contributed by atoms with Gasteiger partial charge in [-0.25, -0.2) is 0 Å². The van der Waals surface area contributed by atoms with E-state index in [1.165, 1.54) is 5.39 Å². The molecular formula is C19H18O2. The Morgan fingerprint density at radius 3 is 2.38 bits per heavy atom. The molecule has 0 aliphatic carbocycles. The predicted molar refractivity (Wildman–Crippen MR) is 86.5 cm³/mol. The van der Waals surface area contributed by atoms with E-state index in [-0.39, 0.29) is 11.9 Å². The first-order valence-corrected chi connectivity index (χ1v) is 7.32. The summed E-state index contributed by atoms with van der Waals surface area (Å²) < 4.78 is 5.59. The van der Waals surface area contributed by atoms with Crippen molar-refractivity contribution >= 4 is 27.5 Å². The van der Waals surface area contributed by atoms with Crippen LogP contribution in [0.25, 0.3) is 21.5 Å². The zero-order chi connectivity index (χ0) is 14.8. The van der Waals surface area contributed by atoms with Gasteiger partial charge in [0.1, 0.15) is 5.75 Å². The molecule has 0 saturated carbocycles. The van der Waals surface area contributed by atoms with Crippen LogP contribution in [0.1, 0.15) is 20.3 Å². The molecule has 0 saturated heterocycles. The molecule has 3 rings (SSSR count). The highest BCUT2D eigenvalue weighted by Crippen LogP contribution is 2.30. The SMILES string of the molecule is CCC(C)C(=O)Oc1cccc2cc3ccccc3cc12. The van der Waals surface area contributed by atoms with E-state index in [0.717, 1.165) is 22.6 Å². The number of carbonyl (C=O) groups is 1. The van der Waals surface area contributed by atoms with Gasteiger partial charge in [-0.2, -0.15) is 0 Å². The van der Waals surface area contributed by atoms with Gasteiger partial charge in [0.2, 0.25) is 0 Å². The molecule has 3 aromatic rings. The Morgan fingerprint density at radius 2 is 1.67 bits per heavy atom. The molecular weight excluding hydrogens is 260 g/mol. The molecule has 0 radical (unpaired) electrons. The maximum absolute atomic E-state index is 12.0. The van der Waals surface area contributed by atoms with Crippen LogP contribution in [0, 0.1) is 5.92 Å². The van der Waals surface area contributed by atoms with Crippen LogP contribution in [0.4, 0.5) is 0 Å². The van der Waals surface area contributed by atoms with Crippen LogP contribution >= 0.6 is 0 Å². The van der Waals surface area contributed by atoms with E-state index in [1.54, 1.807) is 0 Å².